The largest absolute Gasteiger partial charge is 0.0763 e. The number of rotatable bonds is 0. The summed E-state index contributed by atoms with van der Waals surface area (Å²) in [6, 6.07) is 34.5. The molecule has 7 aromatic carbocycles. The highest BCUT2D eigenvalue weighted by atomic mass is 14.3. The SMILES string of the molecule is C1=c2cccc3c2c(c2ccc4c5c(ccc3c25)-c2ccc3c(ccc5ccccc53)c2-4)CC1. The lowest BCUT2D eigenvalue weighted by atomic mass is 9.84. The lowest BCUT2D eigenvalue weighted by Crippen LogP contribution is -2.10. The van der Waals surface area contributed by atoms with E-state index in [1.807, 2.05) is 0 Å². The van der Waals surface area contributed by atoms with Crippen molar-refractivity contribution in [3.05, 3.63) is 102 Å². The molecule has 0 amide bonds. The van der Waals surface area contributed by atoms with Crippen molar-refractivity contribution in [3.63, 3.8) is 0 Å². The van der Waals surface area contributed by atoms with Gasteiger partial charge in [-0.1, -0.05) is 97.1 Å². The molecule has 0 aliphatic heterocycles. The molecule has 0 heterocycles. The van der Waals surface area contributed by atoms with Gasteiger partial charge in [0.25, 0.3) is 0 Å². The van der Waals surface area contributed by atoms with Crippen LogP contribution in [0.2, 0.25) is 0 Å². The average Bonchev–Trinajstić information content (AvgIpc) is 3.24. The summed E-state index contributed by atoms with van der Waals surface area (Å²) in [6.45, 7) is 0. The predicted molar refractivity (Wildman–Crippen MR) is 146 cm³/mol. The number of fused-ring (bicyclic) bond motifs is 9. The molecule has 2 aliphatic carbocycles. The van der Waals surface area contributed by atoms with Crippen LogP contribution in [0.1, 0.15) is 12.0 Å². The van der Waals surface area contributed by atoms with Gasteiger partial charge in [-0.25, -0.2) is 0 Å². The Labute approximate surface area is 196 Å². The van der Waals surface area contributed by atoms with Gasteiger partial charge in [0.15, 0.2) is 0 Å². The molecule has 9 rings (SSSR count). The molecule has 7 aromatic rings. The summed E-state index contributed by atoms with van der Waals surface area (Å²) in [6.07, 6.45) is 4.67. The maximum atomic E-state index is 2.42. The van der Waals surface area contributed by atoms with E-state index in [9.17, 15) is 0 Å². The molecule has 0 spiro atoms. The fourth-order valence-electron chi connectivity index (χ4n) is 7.07. The highest BCUT2D eigenvalue weighted by Gasteiger charge is 2.27. The van der Waals surface area contributed by atoms with E-state index < -0.39 is 0 Å². The van der Waals surface area contributed by atoms with Crippen LogP contribution in [0.3, 0.4) is 0 Å². The van der Waals surface area contributed by atoms with E-state index in [0.29, 0.717) is 0 Å². The van der Waals surface area contributed by atoms with Gasteiger partial charge < -0.3 is 0 Å². The van der Waals surface area contributed by atoms with Crippen molar-refractivity contribution >= 4 is 59.9 Å². The lowest BCUT2D eigenvalue weighted by Gasteiger charge is -2.19. The molecule has 0 fully saturated rings. The van der Waals surface area contributed by atoms with E-state index in [0.717, 1.165) is 12.8 Å². The standard InChI is InChI=1S/C34H20/c1-2-8-21-19(5-1)11-12-25-22(21)13-14-26-29-16-15-27-23-9-3-6-20-7-4-10-24(31(20)23)28-17-18-30(32(25)26)34(29)33(27)28/h1-3,5-9,11-18H,4,10H2. The Morgan fingerprint density at radius 3 is 2.21 bits per heavy atom. The highest BCUT2D eigenvalue weighted by molar-refractivity contribution is 6.33. The molecule has 0 nitrogen and oxygen atoms in total. The first-order chi connectivity index (χ1) is 16.9. The van der Waals surface area contributed by atoms with Gasteiger partial charge in [-0.05, 0) is 99.7 Å². The Kier molecular flexibility index (Phi) is 2.98. The van der Waals surface area contributed by atoms with E-state index in [1.165, 1.54) is 86.9 Å². The van der Waals surface area contributed by atoms with Crippen LogP contribution in [0.15, 0.2) is 91.0 Å². The second kappa shape index (κ2) is 5.85. The van der Waals surface area contributed by atoms with E-state index in [2.05, 4.69) is 97.1 Å². The molecule has 0 atom stereocenters. The van der Waals surface area contributed by atoms with E-state index in [4.69, 9.17) is 0 Å². The Bertz CT molecular complexity index is 2110. The Morgan fingerprint density at radius 1 is 0.441 bits per heavy atom. The van der Waals surface area contributed by atoms with Gasteiger partial charge in [0.2, 0.25) is 0 Å². The topological polar surface area (TPSA) is 0 Å². The monoisotopic (exact) mass is 428 g/mol. The molecular weight excluding hydrogens is 408 g/mol. The third kappa shape index (κ3) is 1.90. The fraction of sp³-hybridized carbons (Fsp3) is 0.0588. The zero-order chi connectivity index (χ0) is 22.0. The molecule has 0 saturated carbocycles. The summed E-state index contributed by atoms with van der Waals surface area (Å²) in [5, 5.41) is 15.4. The van der Waals surface area contributed by atoms with Crippen molar-refractivity contribution in [2.45, 2.75) is 12.8 Å². The van der Waals surface area contributed by atoms with E-state index in [1.54, 1.807) is 0 Å². The maximum absolute atomic E-state index is 2.42. The summed E-state index contributed by atoms with van der Waals surface area (Å²) in [7, 11) is 0. The van der Waals surface area contributed by atoms with Crippen molar-refractivity contribution in [1.82, 2.24) is 0 Å². The second-order valence-electron chi connectivity index (χ2n) is 9.93. The Hall–Kier alpha value is -4.16. The summed E-state index contributed by atoms with van der Waals surface area (Å²) in [5.41, 5.74) is 7.11. The van der Waals surface area contributed by atoms with E-state index in [-0.39, 0.29) is 0 Å². The summed E-state index contributed by atoms with van der Waals surface area (Å²) >= 11 is 0. The van der Waals surface area contributed by atoms with Gasteiger partial charge in [-0.3, -0.25) is 0 Å². The van der Waals surface area contributed by atoms with Crippen molar-refractivity contribution in [3.8, 4) is 22.3 Å². The molecule has 0 saturated heterocycles. The lowest BCUT2D eigenvalue weighted by molar-refractivity contribution is 1.05. The molecule has 0 unspecified atom stereocenters. The van der Waals surface area contributed by atoms with Gasteiger partial charge >= 0.3 is 0 Å². The van der Waals surface area contributed by atoms with Crippen LogP contribution in [0, 0.1) is 0 Å². The summed E-state index contributed by atoms with van der Waals surface area (Å²) < 4.78 is 0. The van der Waals surface area contributed by atoms with Crippen LogP contribution in [-0.4, -0.2) is 0 Å². The number of benzene rings is 7. The molecule has 0 radical (unpaired) electrons. The zero-order valence-corrected chi connectivity index (χ0v) is 18.7. The van der Waals surface area contributed by atoms with Crippen molar-refractivity contribution < 1.29 is 0 Å². The summed E-state index contributed by atoms with van der Waals surface area (Å²) in [4.78, 5) is 0. The average molecular weight is 429 g/mol. The van der Waals surface area contributed by atoms with Gasteiger partial charge in [0.1, 0.15) is 0 Å². The molecular formula is C34H20. The maximum Gasteiger partial charge on any atom is -0.00138 e. The van der Waals surface area contributed by atoms with Gasteiger partial charge in [0, 0.05) is 0 Å². The number of hydrogen-bond acceptors (Lipinski definition) is 0. The zero-order valence-electron chi connectivity index (χ0n) is 18.7. The van der Waals surface area contributed by atoms with Crippen LogP contribution in [-0.2, 0) is 6.42 Å². The molecule has 0 heteroatoms. The first-order valence-corrected chi connectivity index (χ1v) is 12.3. The molecule has 0 bridgehead atoms. The van der Waals surface area contributed by atoms with Crippen molar-refractivity contribution in [1.29, 1.82) is 0 Å². The number of hydrogen-bond donors (Lipinski definition) is 0. The fourth-order valence-corrected chi connectivity index (χ4v) is 7.07. The van der Waals surface area contributed by atoms with Crippen LogP contribution < -0.4 is 5.22 Å². The first-order valence-electron chi connectivity index (χ1n) is 12.3. The predicted octanol–water partition coefficient (Wildman–Crippen LogP) is 8.55. The van der Waals surface area contributed by atoms with Crippen LogP contribution in [0.4, 0.5) is 0 Å². The summed E-state index contributed by atoms with van der Waals surface area (Å²) in [5.74, 6) is 0. The van der Waals surface area contributed by atoms with Crippen LogP contribution in [0.25, 0.3) is 82.2 Å². The Balaban J connectivity index is 1.50. The van der Waals surface area contributed by atoms with Crippen LogP contribution >= 0.6 is 0 Å². The van der Waals surface area contributed by atoms with Gasteiger partial charge in [-0.2, -0.15) is 0 Å². The second-order valence-corrected chi connectivity index (χ2v) is 9.93. The minimum absolute atomic E-state index is 1.13. The molecule has 0 aromatic heterocycles. The minimum atomic E-state index is 1.13. The minimum Gasteiger partial charge on any atom is -0.0763 e. The first kappa shape index (κ1) is 17.3. The molecule has 0 N–H and O–H groups in total. The molecule has 34 heavy (non-hydrogen) atoms. The molecule has 156 valence electrons. The van der Waals surface area contributed by atoms with Crippen molar-refractivity contribution in [2.75, 3.05) is 0 Å². The van der Waals surface area contributed by atoms with Gasteiger partial charge in [-0.15, -0.1) is 0 Å². The third-order valence-electron chi connectivity index (χ3n) is 8.42. The highest BCUT2D eigenvalue weighted by Crippen LogP contribution is 2.53. The Morgan fingerprint density at radius 2 is 1.21 bits per heavy atom. The van der Waals surface area contributed by atoms with Gasteiger partial charge in [0.05, 0.1) is 0 Å². The smallest absolute Gasteiger partial charge is 0.00138 e. The normalized spacial score (nSPS) is 13.9. The number of aryl methyl sites for hydroxylation is 1. The van der Waals surface area contributed by atoms with Crippen molar-refractivity contribution in [2.24, 2.45) is 0 Å². The molecule has 2 aliphatic rings. The van der Waals surface area contributed by atoms with Crippen LogP contribution in [0.5, 0.6) is 0 Å². The third-order valence-corrected chi connectivity index (χ3v) is 8.42. The quantitative estimate of drug-likeness (QED) is 0.168. The van der Waals surface area contributed by atoms with E-state index >= 15 is 0 Å².